The van der Waals surface area contributed by atoms with Crippen LogP contribution in [0.3, 0.4) is 0 Å². The molecule has 2 aromatic carbocycles. The van der Waals surface area contributed by atoms with Crippen LogP contribution < -0.4 is 4.74 Å². The van der Waals surface area contributed by atoms with Gasteiger partial charge in [-0.1, -0.05) is 48.5 Å². The van der Waals surface area contributed by atoms with Crippen molar-refractivity contribution in [1.82, 2.24) is 9.80 Å². The monoisotopic (exact) mass is 350 g/mol. The van der Waals surface area contributed by atoms with Gasteiger partial charge in [0.05, 0.1) is 11.5 Å². The number of fused-ring (bicyclic) bond motifs is 1. The number of hydrogen-bond donors (Lipinski definition) is 0. The molecule has 136 valence electrons. The smallest absolute Gasteiger partial charge is 0.233 e. The zero-order chi connectivity index (χ0) is 18.1. The topological polar surface area (TPSA) is 32.8 Å². The minimum atomic E-state index is -0.342. The Kier molecular flexibility index (Phi) is 4.45. The highest BCUT2D eigenvalue weighted by atomic mass is 16.5. The van der Waals surface area contributed by atoms with E-state index in [1.54, 1.807) is 0 Å². The van der Waals surface area contributed by atoms with E-state index >= 15 is 0 Å². The zero-order valence-corrected chi connectivity index (χ0v) is 15.5. The normalized spacial score (nSPS) is 20.9. The summed E-state index contributed by atoms with van der Waals surface area (Å²) in [6, 6.07) is 18.4. The summed E-state index contributed by atoms with van der Waals surface area (Å²) in [4.78, 5) is 17.9. The van der Waals surface area contributed by atoms with Crippen LogP contribution in [0.2, 0.25) is 0 Å². The molecule has 1 unspecified atom stereocenters. The van der Waals surface area contributed by atoms with Crippen LogP contribution in [0.4, 0.5) is 0 Å². The van der Waals surface area contributed by atoms with Gasteiger partial charge in [0.1, 0.15) is 12.4 Å². The van der Waals surface area contributed by atoms with Gasteiger partial charge in [-0.15, -0.1) is 0 Å². The number of carbonyl (C=O) groups excluding carboxylic acids is 1. The Labute approximate surface area is 155 Å². The molecule has 1 amide bonds. The number of rotatable bonds is 4. The SMILES string of the molecule is CN(C)CC1COc2ccccc2CN1C(=O)C1(c2ccccc2)CC1. The summed E-state index contributed by atoms with van der Waals surface area (Å²) in [5, 5.41) is 0. The Morgan fingerprint density at radius 1 is 1.12 bits per heavy atom. The molecule has 1 heterocycles. The molecule has 0 aromatic heterocycles. The lowest BCUT2D eigenvalue weighted by Gasteiger charge is -2.34. The van der Waals surface area contributed by atoms with E-state index in [2.05, 4.69) is 28.0 Å². The second kappa shape index (κ2) is 6.76. The quantitative estimate of drug-likeness (QED) is 0.850. The Balaban J connectivity index is 1.67. The summed E-state index contributed by atoms with van der Waals surface area (Å²) in [5.41, 5.74) is 1.89. The predicted molar refractivity (Wildman–Crippen MR) is 102 cm³/mol. The molecule has 0 N–H and O–H groups in total. The summed E-state index contributed by atoms with van der Waals surface area (Å²) in [6.45, 7) is 1.94. The van der Waals surface area contributed by atoms with Gasteiger partial charge in [-0.05, 0) is 38.6 Å². The molecule has 1 fully saturated rings. The lowest BCUT2D eigenvalue weighted by molar-refractivity contribution is -0.137. The minimum absolute atomic E-state index is 0.0473. The molecule has 26 heavy (non-hydrogen) atoms. The van der Waals surface area contributed by atoms with Crippen LogP contribution in [-0.2, 0) is 16.8 Å². The van der Waals surface area contributed by atoms with Crippen molar-refractivity contribution in [3.05, 3.63) is 65.7 Å². The molecule has 1 atom stereocenters. The van der Waals surface area contributed by atoms with Crippen LogP contribution in [0.15, 0.2) is 54.6 Å². The van der Waals surface area contributed by atoms with Crippen molar-refractivity contribution >= 4 is 5.91 Å². The number of nitrogens with zero attached hydrogens (tertiary/aromatic N) is 2. The summed E-state index contributed by atoms with van der Waals surface area (Å²) >= 11 is 0. The van der Waals surface area contributed by atoms with Gasteiger partial charge in [-0.2, -0.15) is 0 Å². The van der Waals surface area contributed by atoms with Crippen molar-refractivity contribution in [3.63, 3.8) is 0 Å². The average molecular weight is 350 g/mol. The van der Waals surface area contributed by atoms with E-state index in [9.17, 15) is 4.79 Å². The zero-order valence-electron chi connectivity index (χ0n) is 15.5. The van der Waals surface area contributed by atoms with E-state index < -0.39 is 0 Å². The molecule has 1 aliphatic heterocycles. The third-order valence-corrected chi connectivity index (χ3v) is 5.51. The lowest BCUT2D eigenvalue weighted by Crippen LogP contribution is -2.50. The average Bonchev–Trinajstić information content (AvgIpc) is 3.47. The molecular weight excluding hydrogens is 324 g/mol. The molecule has 0 spiro atoms. The van der Waals surface area contributed by atoms with Gasteiger partial charge < -0.3 is 14.5 Å². The molecule has 2 aromatic rings. The highest BCUT2D eigenvalue weighted by molar-refractivity contribution is 5.91. The molecule has 4 rings (SSSR count). The molecule has 0 saturated heterocycles. The van der Waals surface area contributed by atoms with Gasteiger partial charge in [-0.25, -0.2) is 0 Å². The van der Waals surface area contributed by atoms with Crippen LogP contribution in [-0.4, -0.2) is 49.0 Å². The second-order valence-electron chi connectivity index (χ2n) is 7.72. The van der Waals surface area contributed by atoms with E-state index in [1.165, 1.54) is 0 Å². The molecule has 4 nitrogen and oxygen atoms in total. The van der Waals surface area contributed by atoms with Gasteiger partial charge in [0.25, 0.3) is 0 Å². The van der Waals surface area contributed by atoms with Crippen LogP contribution in [0.25, 0.3) is 0 Å². The van der Waals surface area contributed by atoms with Gasteiger partial charge in [0.15, 0.2) is 0 Å². The number of carbonyl (C=O) groups is 1. The van der Waals surface area contributed by atoms with Crippen molar-refractivity contribution in [1.29, 1.82) is 0 Å². The van der Waals surface area contributed by atoms with E-state index in [0.29, 0.717) is 13.2 Å². The highest BCUT2D eigenvalue weighted by Gasteiger charge is 2.54. The van der Waals surface area contributed by atoms with Crippen LogP contribution >= 0.6 is 0 Å². The van der Waals surface area contributed by atoms with Gasteiger partial charge >= 0.3 is 0 Å². The third kappa shape index (κ3) is 3.10. The molecule has 1 saturated carbocycles. The van der Waals surface area contributed by atoms with Gasteiger partial charge in [-0.3, -0.25) is 4.79 Å². The predicted octanol–water partition coefficient (Wildman–Crippen LogP) is 3.07. The minimum Gasteiger partial charge on any atom is -0.491 e. The van der Waals surface area contributed by atoms with E-state index in [4.69, 9.17) is 4.74 Å². The van der Waals surface area contributed by atoms with E-state index in [0.717, 1.165) is 36.3 Å². The number of amides is 1. The number of likely N-dealkylation sites (N-methyl/N-ethyl adjacent to an activating group) is 1. The van der Waals surface area contributed by atoms with Crippen LogP contribution in [0, 0.1) is 0 Å². The van der Waals surface area contributed by atoms with Crippen LogP contribution in [0.1, 0.15) is 24.0 Å². The maximum atomic E-state index is 13.7. The van der Waals surface area contributed by atoms with Crippen molar-refractivity contribution in [2.45, 2.75) is 30.8 Å². The van der Waals surface area contributed by atoms with Gasteiger partial charge in [0, 0.05) is 18.7 Å². The number of ether oxygens (including phenoxy) is 1. The fourth-order valence-electron chi connectivity index (χ4n) is 3.96. The largest absolute Gasteiger partial charge is 0.491 e. The van der Waals surface area contributed by atoms with Crippen molar-refractivity contribution in [3.8, 4) is 5.75 Å². The van der Waals surface area contributed by atoms with Crippen molar-refractivity contribution < 1.29 is 9.53 Å². The van der Waals surface area contributed by atoms with Gasteiger partial charge in [0.2, 0.25) is 5.91 Å². The maximum Gasteiger partial charge on any atom is 0.233 e. The number of para-hydroxylation sites is 1. The number of benzene rings is 2. The third-order valence-electron chi connectivity index (χ3n) is 5.51. The lowest BCUT2D eigenvalue weighted by atomic mass is 9.93. The molecule has 1 aliphatic carbocycles. The molecule has 4 heteroatoms. The fourth-order valence-corrected chi connectivity index (χ4v) is 3.96. The van der Waals surface area contributed by atoms with Crippen molar-refractivity contribution in [2.24, 2.45) is 0 Å². The Morgan fingerprint density at radius 2 is 1.81 bits per heavy atom. The first-order chi connectivity index (χ1) is 12.6. The standard InChI is InChI=1S/C22H26N2O2/c1-23(2)15-19-16-26-20-11-7-6-8-17(20)14-24(19)21(25)22(12-13-22)18-9-4-3-5-10-18/h3-11,19H,12-16H2,1-2H3. The van der Waals surface area contributed by atoms with E-state index in [-0.39, 0.29) is 17.4 Å². The number of hydrogen-bond acceptors (Lipinski definition) is 3. The summed E-state index contributed by atoms with van der Waals surface area (Å²) in [7, 11) is 4.09. The molecular formula is C22H26N2O2. The van der Waals surface area contributed by atoms with E-state index in [1.807, 2.05) is 50.5 Å². The molecule has 0 radical (unpaired) electrons. The highest BCUT2D eigenvalue weighted by Crippen LogP contribution is 2.50. The molecule has 0 bridgehead atoms. The first kappa shape index (κ1) is 17.1. The molecule has 2 aliphatic rings. The maximum absolute atomic E-state index is 13.7. The first-order valence-corrected chi connectivity index (χ1v) is 9.32. The van der Waals surface area contributed by atoms with Crippen LogP contribution in [0.5, 0.6) is 5.75 Å². The summed E-state index contributed by atoms with van der Waals surface area (Å²) in [5.74, 6) is 1.15. The fraction of sp³-hybridized carbons (Fsp3) is 0.409. The Bertz CT molecular complexity index is 784. The Morgan fingerprint density at radius 3 is 2.50 bits per heavy atom. The summed E-state index contributed by atoms with van der Waals surface area (Å²) < 4.78 is 6.06. The summed E-state index contributed by atoms with van der Waals surface area (Å²) in [6.07, 6.45) is 1.87. The first-order valence-electron chi connectivity index (χ1n) is 9.32. The Hall–Kier alpha value is -2.33. The second-order valence-corrected chi connectivity index (χ2v) is 7.72. The van der Waals surface area contributed by atoms with Crippen molar-refractivity contribution in [2.75, 3.05) is 27.2 Å².